The van der Waals surface area contributed by atoms with Gasteiger partial charge in [0.15, 0.2) is 10.9 Å². The zero-order valence-electron chi connectivity index (χ0n) is 17.3. The summed E-state index contributed by atoms with van der Waals surface area (Å²) in [6.45, 7) is 4.21. The molecule has 0 saturated carbocycles. The van der Waals surface area contributed by atoms with Gasteiger partial charge in [0.1, 0.15) is 17.1 Å². The van der Waals surface area contributed by atoms with E-state index in [-0.39, 0.29) is 12.0 Å². The average Bonchev–Trinajstić information content (AvgIpc) is 3.12. The Balaban J connectivity index is 1.57. The van der Waals surface area contributed by atoms with E-state index in [0.717, 1.165) is 5.56 Å². The van der Waals surface area contributed by atoms with Gasteiger partial charge in [-0.1, -0.05) is 29.8 Å². The summed E-state index contributed by atoms with van der Waals surface area (Å²) in [6, 6.07) is 13.1. The van der Waals surface area contributed by atoms with Crippen LogP contribution in [0, 0.1) is 11.3 Å². The highest BCUT2D eigenvalue weighted by atomic mass is 35.5. The van der Waals surface area contributed by atoms with Gasteiger partial charge in [-0.15, -0.1) is 0 Å². The van der Waals surface area contributed by atoms with Crippen LogP contribution in [0.3, 0.4) is 0 Å². The topological polar surface area (TPSA) is 100 Å². The molecule has 160 valence electrons. The van der Waals surface area contributed by atoms with Crippen LogP contribution in [0.15, 0.2) is 52.5 Å². The summed E-state index contributed by atoms with van der Waals surface area (Å²) in [5.74, 6) is 0.0395. The molecule has 0 unspecified atom stereocenters. The van der Waals surface area contributed by atoms with Crippen molar-refractivity contribution in [2.75, 3.05) is 0 Å². The van der Waals surface area contributed by atoms with E-state index < -0.39 is 0 Å². The molecule has 2 aromatic heterocycles. The average molecular weight is 464 g/mol. The molecular formula is C23H18ClN5O2S. The fourth-order valence-corrected chi connectivity index (χ4v) is 4.00. The first kappa shape index (κ1) is 21.8. The fraction of sp³-hybridized carbons (Fsp3) is 0.174. The number of pyridine rings is 2. The molecule has 1 aliphatic heterocycles. The number of halogens is 1. The summed E-state index contributed by atoms with van der Waals surface area (Å²) in [6.07, 6.45) is 3.00. The van der Waals surface area contributed by atoms with E-state index in [9.17, 15) is 10.1 Å². The number of hydrogen-bond acceptors (Lipinski definition) is 7. The van der Waals surface area contributed by atoms with Crippen molar-refractivity contribution >= 4 is 51.5 Å². The first-order valence-corrected chi connectivity index (χ1v) is 11.0. The maximum absolute atomic E-state index is 12.4. The third-order valence-electron chi connectivity index (χ3n) is 4.45. The van der Waals surface area contributed by atoms with Crippen molar-refractivity contribution in [3.05, 3.63) is 69.3 Å². The Morgan fingerprint density at radius 2 is 2.09 bits per heavy atom. The van der Waals surface area contributed by atoms with Gasteiger partial charge >= 0.3 is 0 Å². The number of amidine groups is 1. The number of benzene rings is 1. The number of nitrogens with one attached hydrogen (secondary N) is 1. The summed E-state index contributed by atoms with van der Waals surface area (Å²) in [4.78, 5) is 25.8. The van der Waals surface area contributed by atoms with Crippen LogP contribution >= 0.6 is 23.4 Å². The lowest BCUT2D eigenvalue weighted by Crippen LogP contribution is -2.18. The molecule has 32 heavy (non-hydrogen) atoms. The van der Waals surface area contributed by atoms with E-state index in [1.54, 1.807) is 18.2 Å². The van der Waals surface area contributed by atoms with Crippen molar-refractivity contribution < 1.29 is 9.53 Å². The minimum absolute atomic E-state index is 0.136. The maximum Gasteiger partial charge on any atom is 0.286 e. The quantitative estimate of drug-likeness (QED) is 0.547. The standard InChI is InChI=1S/C23H18ClN5O2S/c1-13(2)31-21-15(10-25)12-26-18-8-7-16(28-20(18)21)9-19-22(30)29-23(32-19)27-11-14-5-3-4-6-17(14)24/h3-9,12-13H,11H2,1-2H3,(H,27,29,30)/b19-9+. The lowest BCUT2D eigenvalue weighted by Gasteiger charge is -2.13. The lowest BCUT2D eigenvalue weighted by molar-refractivity contribution is -0.113. The number of amides is 1. The van der Waals surface area contributed by atoms with Crippen LogP contribution in [0.1, 0.15) is 30.7 Å². The largest absolute Gasteiger partial charge is 0.487 e. The summed E-state index contributed by atoms with van der Waals surface area (Å²) >= 11 is 7.41. The van der Waals surface area contributed by atoms with Crippen molar-refractivity contribution in [2.24, 2.45) is 4.99 Å². The number of aliphatic imine (C=N–C) groups is 1. The molecule has 3 aromatic rings. The molecule has 7 nitrogen and oxygen atoms in total. The molecule has 0 aliphatic carbocycles. The van der Waals surface area contributed by atoms with Gasteiger partial charge in [-0.2, -0.15) is 10.3 Å². The molecule has 1 N–H and O–H groups in total. The normalized spacial score (nSPS) is 14.7. The fourth-order valence-electron chi connectivity index (χ4n) is 3.01. The minimum atomic E-state index is -0.346. The number of thioether (sulfide) groups is 1. The predicted molar refractivity (Wildman–Crippen MR) is 126 cm³/mol. The van der Waals surface area contributed by atoms with Crippen LogP contribution in [0.25, 0.3) is 17.1 Å². The second-order valence-electron chi connectivity index (χ2n) is 7.16. The van der Waals surface area contributed by atoms with Gasteiger partial charge in [0.2, 0.25) is 0 Å². The first-order chi connectivity index (χ1) is 15.4. The predicted octanol–water partition coefficient (Wildman–Crippen LogP) is 4.70. The number of nitriles is 1. The monoisotopic (exact) mass is 463 g/mol. The molecule has 0 spiro atoms. The van der Waals surface area contributed by atoms with Gasteiger partial charge in [0.05, 0.1) is 22.2 Å². The summed E-state index contributed by atoms with van der Waals surface area (Å²) in [5, 5.41) is 13.7. The van der Waals surface area contributed by atoms with Gasteiger partial charge in [-0.05, 0) is 55.4 Å². The maximum atomic E-state index is 12.4. The van der Waals surface area contributed by atoms with Crippen molar-refractivity contribution in [1.82, 2.24) is 15.3 Å². The van der Waals surface area contributed by atoms with Gasteiger partial charge in [-0.25, -0.2) is 4.98 Å². The van der Waals surface area contributed by atoms with Gasteiger partial charge in [0.25, 0.3) is 5.91 Å². The van der Waals surface area contributed by atoms with Crippen LogP contribution < -0.4 is 10.1 Å². The Hall–Kier alpha value is -3.41. The molecule has 4 rings (SSSR count). The number of rotatable bonds is 5. The Morgan fingerprint density at radius 1 is 1.28 bits per heavy atom. The highest BCUT2D eigenvalue weighted by Crippen LogP contribution is 2.30. The molecule has 0 radical (unpaired) electrons. The highest BCUT2D eigenvalue weighted by molar-refractivity contribution is 8.18. The molecule has 3 heterocycles. The van der Waals surface area contributed by atoms with E-state index >= 15 is 0 Å². The number of nitrogens with zero attached hydrogens (tertiary/aromatic N) is 4. The number of carbonyl (C=O) groups excluding carboxylic acids is 1. The Bertz CT molecular complexity index is 1310. The number of ether oxygens (including phenoxy) is 1. The number of hydrogen-bond donors (Lipinski definition) is 1. The lowest BCUT2D eigenvalue weighted by atomic mass is 10.2. The molecule has 0 fully saturated rings. The van der Waals surface area contributed by atoms with E-state index in [1.165, 1.54) is 18.0 Å². The van der Waals surface area contributed by atoms with Crippen molar-refractivity contribution in [1.29, 1.82) is 5.26 Å². The van der Waals surface area contributed by atoms with Crippen molar-refractivity contribution in [3.63, 3.8) is 0 Å². The first-order valence-electron chi connectivity index (χ1n) is 9.81. The molecular weight excluding hydrogens is 446 g/mol. The van der Waals surface area contributed by atoms with Crippen molar-refractivity contribution in [3.8, 4) is 11.8 Å². The third kappa shape index (κ3) is 4.74. The van der Waals surface area contributed by atoms with Gasteiger partial charge in [0, 0.05) is 17.8 Å². The Labute approximate surface area is 194 Å². The summed E-state index contributed by atoms with van der Waals surface area (Å²) in [7, 11) is 0. The summed E-state index contributed by atoms with van der Waals surface area (Å²) in [5.41, 5.74) is 2.84. The van der Waals surface area contributed by atoms with Crippen molar-refractivity contribution in [2.45, 2.75) is 26.5 Å². The second kappa shape index (κ2) is 9.39. The molecule has 1 aliphatic rings. The number of aromatic nitrogens is 2. The number of fused-ring (bicyclic) bond motifs is 1. The van der Waals surface area contributed by atoms with E-state index in [1.807, 2.05) is 38.1 Å². The smallest absolute Gasteiger partial charge is 0.286 e. The van der Waals surface area contributed by atoms with E-state index in [0.29, 0.717) is 49.7 Å². The van der Waals surface area contributed by atoms with E-state index in [4.69, 9.17) is 16.3 Å². The highest BCUT2D eigenvalue weighted by Gasteiger charge is 2.22. The summed E-state index contributed by atoms with van der Waals surface area (Å²) < 4.78 is 5.84. The van der Waals surface area contributed by atoms with Crippen LogP contribution in [-0.4, -0.2) is 27.1 Å². The molecule has 0 saturated heterocycles. The van der Waals surface area contributed by atoms with E-state index in [2.05, 4.69) is 26.3 Å². The number of carbonyl (C=O) groups is 1. The molecule has 1 amide bonds. The Morgan fingerprint density at radius 3 is 2.84 bits per heavy atom. The van der Waals surface area contributed by atoms with Crippen LogP contribution in [0.2, 0.25) is 5.02 Å². The minimum Gasteiger partial charge on any atom is -0.487 e. The molecule has 0 atom stereocenters. The van der Waals surface area contributed by atoms with Gasteiger partial charge in [-0.3, -0.25) is 9.78 Å². The van der Waals surface area contributed by atoms with Gasteiger partial charge < -0.3 is 10.1 Å². The van der Waals surface area contributed by atoms with Crippen LogP contribution in [-0.2, 0) is 11.3 Å². The van der Waals surface area contributed by atoms with Crippen LogP contribution in [0.5, 0.6) is 5.75 Å². The zero-order valence-corrected chi connectivity index (χ0v) is 18.9. The van der Waals surface area contributed by atoms with Crippen LogP contribution in [0.4, 0.5) is 0 Å². The SMILES string of the molecule is CC(C)Oc1c(C#N)cnc2ccc(/C=C3/SC(NCc4ccccc4Cl)=NC3=O)nc12. The molecule has 1 aromatic carbocycles. The zero-order chi connectivity index (χ0) is 22.7. The Kier molecular flexibility index (Phi) is 6.40. The molecule has 9 heteroatoms. The second-order valence-corrected chi connectivity index (χ2v) is 8.60. The third-order valence-corrected chi connectivity index (χ3v) is 5.76. The molecule has 0 bridgehead atoms.